The molecule has 0 saturated carbocycles. The van der Waals surface area contributed by atoms with Crippen molar-refractivity contribution in [1.82, 2.24) is 5.32 Å². The van der Waals surface area contributed by atoms with E-state index in [2.05, 4.69) is 23.9 Å². The predicted molar refractivity (Wildman–Crippen MR) is 79.6 cm³/mol. The number of carbonyl (C=O) groups is 1. The third kappa shape index (κ3) is 11.2. The monoisotopic (exact) mass is 289 g/mol. The fraction of sp³-hybridized carbons (Fsp3) is 0.933. The van der Waals surface area contributed by atoms with Crippen LogP contribution < -0.4 is 5.32 Å². The number of hydrogen-bond donors (Lipinski definition) is 2. The summed E-state index contributed by atoms with van der Waals surface area (Å²) in [6.45, 7) is 6.37. The Kier molecular flexibility index (Phi) is 12.9. The van der Waals surface area contributed by atoms with Gasteiger partial charge in [0.2, 0.25) is 0 Å². The molecule has 0 amide bonds. The summed E-state index contributed by atoms with van der Waals surface area (Å²) >= 11 is 0. The van der Waals surface area contributed by atoms with E-state index < -0.39 is 6.10 Å². The van der Waals surface area contributed by atoms with Crippen LogP contribution >= 0.6 is 0 Å². The quantitative estimate of drug-likeness (QED) is 0.399. The maximum atomic E-state index is 10.9. The molecule has 2 unspecified atom stereocenters. The Morgan fingerprint density at radius 2 is 2.05 bits per heavy atom. The second kappa shape index (κ2) is 13.3. The predicted octanol–water partition coefficient (Wildman–Crippen LogP) is 1.73. The Bertz CT molecular complexity index is 236. The van der Waals surface area contributed by atoms with Gasteiger partial charge in [0.05, 0.1) is 26.2 Å². The summed E-state index contributed by atoms with van der Waals surface area (Å²) in [5.74, 6) is 0.347. The lowest BCUT2D eigenvalue weighted by Gasteiger charge is -2.17. The number of hydrogen-bond acceptors (Lipinski definition) is 5. The van der Waals surface area contributed by atoms with Crippen LogP contribution in [-0.4, -0.2) is 50.6 Å². The molecule has 0 aromatic carbocycles. The van der Waals surface area contributed by atoms with E-state index in [9.17, 15) is 9.90 Å². The van der Waals surface area contributed by atoms with Gasteiger partial charge in [0, 0.05) is 19.7 Å². The summed E-state index contributed by atoms with van der Waals surface area (Å²) in [6.07, 6.45) is 4.55. The number of unbranched alkanes of at least 4 members (excludes halogenated alkanes) is 1. The van der Waals surface area contributed by atoms with E-state index in [-0.39, 0.29) is 5.97 Å². The molecule has 2 N–H and O–H groups in total. The summed E-state index contributed by atoms with van der Waals surface area (Å²) < 4.78 is 10.1. The number of aliphatic hydroxyl groups is 1. The van der Waals surface area contributed by atoms with Gasteiger partial charge in [0.25, 0.3) is 0 Å². The van der Waals surface area contributed by atoms with E-state index >= 15 is 0 Å². The highest BCUT2D eigenvalue weighted by molar-refractivity contribution is 5.69. The van der Waals surface area contributed by atoms with Crippen LogP contribution in [0.2, 0.25) is 0 Å². The van der Waals surface area contributed by atoms with Crippen molar-refractivity contribution in [2.45, 2.75) is 52.1 Å². The molecule has 0 rings (SSSR count). The molecule has 0 aliphatic rings. The van der Waals surface area contributed by atoms with Crippen LogP contribution in [0.25, 0.3) is 0 Å². The highest BCUT2D eigenvalue weighted by Crippen LogP contribution is 2.12. The van der Waals surface area contributed by atoms with Gasteiger partial charge >= 0.3 is 5.97 Å². The molecule has 0 bridgehead atoms. The molecule has 0 aliphatic carbocycles. The smallest absolute Gasteiger partial charge is 0.306 e. The van der Waals surface area contributed by atoms with Crippen molar-refractivity contribution in [2.24, 2.45) is 5.92 Å². The lowest BCUT2D eigenvalue weighted by Crippen LogP contribution is -2.32. The molecule has 0 fully saturated rings. The molecule has 0 aromatic heterocycles. The summed E-state index contributed by atoms with van der Waals surface area (Å²) in [5.41, 5.74) is 0. The van der Waals surface area contributed by atoms with Crippen LogP contribution in [0.3, 0.4) is 0 Å². The minimum Gasteiger partial charge on any atom is -0.469 e. The normalized spacial score (nSPS) is 14.0. The van der Waals surface area contributed by atoms with E-state index in [0.29, 0.717) is 32.0 Å². The molecule has 0 aromatic rings. The largest absolute Gasteiger partial charge is 0.469 e. The molecule has 5 nitrogen and oxygen atoms in total. The standard InChI is InChI=1S/C15H31NO4/c1-4-6-7-13(5-2)11-20-12-14(17)10-16-9-8-15(18)19-3/h13-14,16-17H,4-12H2,1-3H3. The van der Waals surface area contributed by atoms with E-state index in [0.717, 1.165) is 13.0 Å². The van der Waals surface area contributed by atoms with Crippen LogP contribution in [0.5, 0.6) is 0 Å². The maximum absolute atomic E-state index is 10.9. The Labute approximate surface area is 123 Å². The minimum absolute atomic E-state index is 0.245. The molecular weight excluding hydrogens is 258 g/mol. The fourth-order valence-electron chi connectivity index (χ4n) is 1.89. The third-order valence-electron chi connectivity index (χ3n) is 3.32. The third-order valence-corrected chi connectivity index (χ3v) is 3.32. The van der Waals surface area contributed by atoms with Crippen molar-refractivity contribution in [3.05, 3.63) is 0 Å². The first-order valence-corrected chi connectivity index (χ1v) is 7.67. The zero-order valence-electron chi connectivity index (χ0n) is 13.2. The van der Waals surface area contributed by atoms with E-state index in [1.165, 1.54) is 26.4 Å². The van der Waals surface area contributed by atoms with Gasteiger partial charge in [-0.05, 0) is 12.3 Å². The average molecular weight is 289 g/mol. The van der Waals surface area contributed by atoms with E-state index in [4.69, 9.17) is 4.74 Å². The van der Waals surface area contributed by atoms with Crippen LogP contribution in [0.15, 0.2) is 0 Å². The summed E-state index contributed by atoms with van der Waals surface area (Å²) in [5, 5.41) is 12.7. The minimum atomic E-state index is -0.531. The number of methoxy groups -OCH3 is 1. The van der Waals surface area contributed by atoms with Gasteiger partial charge in [0.15, 0.2) is 0 Å². The van der Waals surface area contributed by atoms with Crippen molar-refractivity contribution in [3.63, 3.8) is 0 Å². The number of carbonyl (C=O) groups excluding carboxylic acids is 1. The van der Waals surface area contributed by atoms with Crippen LogP contribution in [0.4, 0.5) is 0 Å². The molecule has 0 heterocycles. The molecule has 120 valence electrons. The second-order valence-electron chi connectivity index (χ2n) is 5.14. The van der Waals surface area contributed by atoms with Crippen molar-refractivity contribution >= 4 is 5.97 Å². The fourth-order valence-corrected chi connectivity index (χ4v) is 1.89. The molecule has 0 spiro atoms. The van der Waals surface area contributed by atoms with Gasteiger partial charge in [0.1, 0.15) is 0 Å². The van der Waals surface area contributed by atoms with Gasteiger partial charge in [-0.15, -0.1) is 0 Å². The first-order chi connectivity index (χ1) is 9.63. The maximum Gasteiger partial charge on any atom is 0.306 e. The highest BCUT2D eigenvalue weighted by atomic mass is 16.5. The van der Waals surface area contributed by atoms with Crippen molar-refractivity contribution < 1.29 is 19.4 Å². The molecule has 0 aliphatic heterocycles. The number of rotatable bonds is 13. The summed E-state index contributed by atoms with van der Waals surface area (Å²) in [4.78, 5) is 10.9. The molecule has 2 atom stereocenters. The van der Waals surface area contributed by atoms with Crippen molar-refractivity contribution in [3.8, 4) is 0 Å². The second-order valence-corrected chi connectivity index (χ2v) is 5.14. The topological polar surface area (TPSA) is 67.8 Å². The van der Waals surface area contributed by atoms with Crippen LogP contribution in [0.1, 0.15) is 46.0 Å². The lowest BCUT2D eigenvalue weighted by molar-refractivity contribution is -0.140. The summed E-state index contributed by atoms with van der Waals surface area (Å²) in [7, 11) is 1.37. The van der Waals surface area contributed by atoms with Gasteiger partial charge in [-0.1, -0.05) is 33.1 Å². The first-order valence-electron chi connectivity index (χ1n) is 7.67. The van der Waals surface area contributed by atoms with Crippen molar-refractivity contribution in [2.75, 3.05) is 33.4 Å². The van der Waals surface area contributed by atoms with Gasteiger partial charge in [-0.2, -0.15) is 0 Å². The van der Waals surface area contributed by atoms with Gasteiger partial charge < -0.3 is 19.9 Å². The van der Waals surface area contributed by atoms with E-state index in [1.807, 2.05) is 0 Å². The number of aliphatic hydroxyl groups excluding tert-OH is 1. The number of esters is 1. The van der Waals surface area contributed by atoms with Crippen molar-refractivity contribution in [1.29, 1.82) is 0 Å². The zero-order valence-corrected chi connectivity index (χ0v) is 13.2. The lowest BCUT2D eigenvalue weighted by atomic mass is 10.0. The van der Waals surface area contributed by atoms with Crippen LogP contribution in [0, 0.1) is 5.92 Å². The first kappa shape index (κ1) is 19.4. The Hall–Kier alpha value is -0.650. The number of ether oxygens (including phenoxy) is 2. The molecule has 0 radical (unpaired) electrons. The average Bonchev–Trinajstić information content (AvgIpc) is 2.46. The Morgan fingerprint density at radius 3 is 2.65 bits per heavy atom. The Morgan fingerprint density at radius 1 is 1.30 bits per heavy atom. The SMILES string of the molecule is CCCCC(CC)COCC(O)CNCCC(=O)OC. The van der Waals surface area contributed by atoms with Gasteiger partial charge in [-0.25, -0.2) is 0 Å². The molecular formula is C15H31NO4. The number of nitrogens with one attached hydrogen (secondary N) is 1. The zero-order chi connectivity index (χ0) is 15.2. The Balaban J connectivity index is 3.51. The molecule has 20 heavy (non-hydrogen) atoms. The molecule has 0 saturated heterocycles. The summed E-state index contributed by atoms with van der Waals surface area (Å²) in [6, 6.07) is 0. The highest BCUT2D eigenvalue weighted by Gasteiger charge is 2.09. The van der Waals surface area contributed by atoms with Crippen LogP contribution in [-0.2, 0) is 14.3 Å². The van der Waals surface area contributed by atoms with Gasteiger partial charge in [-0.3, -0.25) is 4.79 Å². The van der Waals surface area contributed by atoms with E-state index in [1.54, 1.807) is 0 Å². The molecule has 5 heteroatoms.